The first-order valence-corrected chi connectivity index (χ1v) is 5.76. The van der Waals surface area contributed by atoms with Gasteiger partial charge in [0.15, 0.2) is 0 Å². The van der Waals surface area contributed by atoms with Gasteiger partial charge < -0.3 is 10.0 Å². The molecule has 0 bridgehead atoms. The minimum Gasteiger partial charge on any atom is -0.481 e. The highest BCUT2D eigenvalue weighted by molar-refractivity contribution is 5.88. The maximum absolute atomic E-state index is 11.7. The fourth-order valence-electron chi connectivity index (χ4n) is 1.81. The molecule has 1 fully saturated rings. The van der Waals surface area contributed by atoms with E-state index in [0.717, 1.165) is 25.7 Å². The Morgan fingerprint density at radius 1 is 1.31 bits per heavy atom. The number of carbonyl (C=O) groups excluding carboxylic acids is 1. The van der Waals surface area contributed by atoms with Gasteiger partial charge in [-0.25, -0.2) is 0 Å². The van der Waals surface area contributed by atoms with Gasteiger partial charge in [0.05, 0.1) is 6.42 Å². The fraction of sp³-hybridized carbons (Fsp3) is 0.667. The molecule has 0 atom stereocenters. The van der Waals surface area contributed by atoms with E-state index in [9.17, 15) is 9.59 Å². The number of hydrogen-bond donors (Lipinski definition) is 1. The van der Waals surface area contributed by atoms with Crippen LogP contribution < -0.4 is 0 Å². The molecule has 0 saturated heterocycles. The topological polar surface area (TPSA) is 57.6 Å². The monoisotopic (exact) mass is 225 g/mol. The molecule has 90 valence electrons. The predicted octanol–water partition coefficient (Wildman–Crippen LogP) is 1.81. The number of carboxylic acid groups (broad SMARTS) is 1. The van der Waals surface area contributed by atoms with Gasteiger partial charge in [-0.3, -0.25) is 9.59 Å². The van der Waals surface area contributed by atoms with Crippen LogP contribution in [0, 0.1) is 0 Å². The van der Waals surface area contributed by atoms with Crippen LogP contribution in [0.15, 0.2) is 11.6 Å². The van der Waals surface area contributed by atoms with Gasteiger partial charge in [-0.2, -0.15) is 0 Å². The lowest BCUT2D eigenvalue weighted by molar-refractivity contribution is -0.137. The van der Waals surface area contributed by atoms with Crippen LogP contribution in [0.2, 0.25) is 0 Å². The molecule has 0 spiro atoms. The molecule has 4 heteroatoms. The summed E-state index contributed by atoms with van der Waals surface area (Å²) in [5.74, 6) is -0.942. The molecule has 0 aliphatic heterocycles. The van der Waals surface area contributed by atoms with Crippen LogP contribution in [0.1, 0.15) is 38.5 Å². The largest absolute Gasteiger partial charge is 0.481 e. The first kappa shape index (κ1) is 12.7. The average Bonchev–Trinajstić information content (AvgIpc) is 2.27. The van der Waals surface area contributed by atoms with E-state index in [1.54, 1.807) is 13.1 Å². The van der Waals surface area contributed by atoms with Crippen molar-refractivity contribution >= 4 is 11.9 Å². The van der Waals surface area contributed by atoms with Gasteiger partial charge in [-0.15, -0.1) is 0 Å². The van der Waals surface area contributed by atoms with E-state index < -0.39 is 5.97 Å². The number of nitrogens with zero attached hydrogens (tertiary/aromatic N) is 1. The molecule has 1 aliphatic carbocycles. The molecule has 0 aromatic rings. The van der Waals surface area contributed by atoms with Crippen molar-refractivity contribution in [2.45, 2.75) is 38.5 Å². The van der Waals surface area contributed by atoms with Crippen molar-refractivity contribution in [1.29, 1.82) is 0 Å². The van der Waals surface area contributed by atoms with Crippen molar-refractivity contribution in [3.8, 4) is 0 Å². The van der Waals surface area contributed by atoms with Crippen molar-refractivity contribution in [2.24, 2.45) is 0 Å². The summed E-state index contributed by atoms with van der Waals surface area (Å²) in [6.07, 6.45) is 7.29. The Morgan fingerprint density at radius 2 is 1.94 bits per heavy atom. The molecule has 1 saturated carbocycles. The molecule has 0 aromatic carbocycles. The number of likely N-dealkylation sites (N-methyl/N-ethyl adjacent to an activating group) is 1. The molecule has 16 heavy (non-hydrogen) atoms. The summed E-state index contributed by atoms with van der Waals surface area (Å²) >= 11 is 0. The minimum absolute atomic E-state index is 0.00537. The van der Waals surface area contributed by atoms with Gasteiger partial charge in [-0.05, 0) is 25.7 Å². The summed E-state index contributed by atoms with van der Waals surface area (Å²) in [6.45, 7) is 0.276. The van der Waals surface area contributed by atoms with Crippen LogP contribution in [-0.4, -0.2) is 35.5 Å². The van der Waals surface area contributed by atoms with Gasteiger partial charge in [0.25, 0.3) is 0 Å². The number of rotatable bonds is 4. The molecule has 0 radical (unpaired) electrons. The van der Waals surface area contributed by atoms with Gasteiger partial charge in [-0.1, -0.05) is 12.0 Å². The Kier molecular flexibility index (Phi) is 5.02. The molecular formula is C12H19NO3. The highest BCUT2D eigenvalue weighted by Crippen LogP contribution is 2.22. The van der Waals surface area contributed by atoms with Gasteiger partial charge in [0.1, 0.15) is 0 Å². The van der Waals surface area contributed by atoms with Crippen LogP contribution in [-0.2, 0) is 9.59 Å². The van der Waals surface area contributed by atoms with E-state index in [1.807, 2.05) is 0 Å². The number of aliphatic carboxylic acids is 1. The van der Waals surface area contributed by atoms with E-state index in [2.05, 4.69) is 0 Å². The zero-order valence-corrected chi connectivity index (χ0v) is 9.74. The molecule has 4 nitrogen and oxygen atoms in total. The average molecular weight is 225 g/mol. The third kappa shape index (κ3) is 4.47. The van der Waals surface area contributed by atoms with Crippen LogP contribution in [0.5, 0.6) is 0 Å². The molecule has 1 N–H and O–H groups in total. The van der Waals surface area contributed by atoms with Crippen molar-refractivity contribution in [3.63, 3.8) is 0 Å². The SMILES string of the molecule is CN(CCC(=O)O)C(=O)C=C1CCCCC1. The first-order valence-electron chi connectivity index (χ1n) is 5.76. The number of hydrogen-bond acceptors (Lipinski definition) is 2. The van der Waals surface area contributed by atoms with Crippen molar-refractivity contribution in [3.05, 3.63) is 11.6 Å². The van der Waals surface area contributed by atoms with E-state index in [-0.39, 0.29) is 18.9 Å². The minimum atomic E-state index is -0.870. The quantitative estimate of drug-likeness (QED) is 0.742. The Hall–Kier alpha value is -1.32. The second-order valence-electron chi connectivity index (χ2n) is 4.27. The smallest absolute Gasteiger partial charge is 0.305 e. The van der Waals surface area contributed by atoms with E-state index in [4.69, 9.17) is 5.11 Å². The van der Waals surface area contributed by atoms with Crippen molar-refractivity contribution in [1.82, 2.24) is 4.90 Å². The molecule has 0 unspecified atom stereocenters. The third-order valence-electron chi connectivity index (χ3n) is 2.86. The highest BCUT2D eigenvalue weighted by atomic mass is 16.4. The summed E-state index contributed by atoms with van der Waals surface area (Å²) in [6, 6.07) is 0. The van der Waals surface area contributed by atoms with E-state index >= 15 is 0 Å². The number of carbonyl (C=O) groups is 2. The molecule has 1 rings (SSSR count). The second-order valence-corrected chi connectivity index (χ2v) is 4.27. The third-order valence-corrected chi connectivity index (χ3v) is 2.86. The molecule has 0 heterocycles. The predicted molar refractivity (Wildman–Crippen MR) is 61.1 cm³/mol. The maximum Gasteiger partial charge on any atom is 0.305 e. The maximum atomic E-state index is 11.7. The lowest BCUT2D eigenvalue weighted by Gasteiger charge is -2.17. The Bertz CT molecular complexity index is 289. The Labute approximate surface area is 95.9 Å². The van der Waals surface area contributed by atoms with Crippen LogP contribution >= 0.6 is 0 Å². The molecule has 0 aromatic heterocycles. The molecular weight excluding hydrogens is 206 g/mol. The van der Waals surface area contributed by atoms with Crippen molar-refractivity contribution in [2.75, 3.05) is 13.6 Å². The normalized spacial score (nSPS) is 15.7. The standard InChI is InChI=1S/C12H19NO3/c1-13(8-7-12(15)16)11(14)9-10-5-3-2-4-6-10/h9H,2-8H2,1H3,(H,15,16). The summed E-state index contributed by atoms with van der Waals surface area (Å²) in [7, 11) is 1.64. The van der Waals surface area contributed by atoms with Gasteiger partial charge >= 0.3 is 5.97 Å². The van der Waals surface area contributed by atoms with Crippen LogP contribution in [0.25, 0.3) is 0 Å². The van der Waals surface area contributed by atoms with E-state index in [0.29, 0.717) is 0 Å². The molecule has 1 aliphatic rings. The zero-order chi connectivity index (χ0) is 12.0. The summed E-state index contributed by atoms with van der Waals surface area (Å²) in [4.78, 5) is 23.5. The van der Waals surface area contributed by atoms with E-state index in [1.165, 1.54) is 16.9 Å². The van der Waals surface area contributed by atoms with Crippen LogP contribution in [0.3, 0.4) is 0 Å². The number of carboxylic acids is 1. The lowest BCUT2D eigenvalue weighted by Crippen LogP contribution is -2.27. The second kappa shape index (κ2) is 6.30. The lowest BCUT2D eigenvalue weighted by atomic mass is 9.94. The van der Waals surface area contributed by atoms with Crippen LogP contribution in [0.4, 0.5) is 0 Å². The molecule has 1 amide bonds. The first-order chi connectivity index (χ1) is 7.59. The van der Waals surface area contributed by atoms with Crippen molar-refractivity contribution < 1.29 is 14.7 Å². The summed E-state index contributed by atoms with van der Waals surface area (Å²) in [5, 5.41) is 8.51. The Morgan fingerprint density at radius 3 is 2.50 bits per heavy atom. The van der Waals surface area contributed by atoms with Gasteiger partial charge in [0.2, 0.25) is 5.91 Å². The van der Waals surface area contributed by atoms with Gasteiger partial charge in [0, 0.05) is 19.7 Å². The number of allylic oxidation sites excluding steroid dienone is 1. The highest BCUT2D eigenvalue weighted by Gasteiger charge is 2.11. The summed E-state index contributed by atoms with van der Waals surface area (Å²) in [5.41, 5.74) is 1.21. The number of amides is 1. The Balaban J connectivity index is 2.40. The zero-order valence-electron chi connectivity index (χ0n) is 9.74. The summed E-state index contributed by atoms with van der Waals surface area (Å²) < 4.78 is 0. The fourth-order valence-corrected chi connectivity index (χ4v) is 1.81.